The molecule has 1 heterocycles. The molecule has 0 saturated carbocycles. The first-order valence-corrected chi connectivity index (χ1v) is 6.18. The number of carboxylic acid groups (broad SMARTS) is 1. The van der Waals surface area contributed by atoms with E-state index >= 15 is 0 Å². The molecule has 0 atom stereocenters. The van der Waals surface area contributed by atoms with Gasteiger partial charge < -0.3 is 5.11 Å². The van der Waals surface area contributed by atoms with Crippen LogP contribution in [0.15, 0.2) is 18.2 Å². The lowest BCUT2D eigenvalue weighted by atomic mass is 10.1. The van der Waals surface area contributed by atoms with Crippen molar-refractivity contribution in [3.63, 3.8) is 0 Å². The number of halogens is 4. The Morgan fingerprint density at radius 1 is 1.43 bits per heavy atom. The number of aromatic nitrogens is 3. The van der Waals surface area contributed by atoms with Crippen LogP contribution in [0.1, 0.15) is 28.7 Å². The van der Waals surface area contributed by atoms with E-state index in [2.05, 4.69) is 10.3 Å². The Kier molecular flexibility index (Phi) is 3.91. The van der Waals surface area contributed by atoms with Gasteiger partial charge in [0.25, 0.3) is 0 Å². The van der Waals surface area contributed by atoms with Gasteiger partial charge in [0.2, 0.25) is 0 Å². The van der Waals surface area contributed by atoms with Crippen LogP contribution in [0.25, 0.3) is 5.69 Å². The lowest BCUT2D eigenvalue weighted by molar-refractivity contribution is -0.137. The molecule has 2 aromatic rings. The van der Waals surface area contributed by atoms with Gasteiger partial charge in [-0.2, -0.15) is 13.2 Å². The van der Waals surface area contributed by atoms with Crippen molar-refractivity contribution in [2.45, 2.75) is 19.5 Å². The van der Waals surface area contributed by atoms with Crippen LogP contribution in [0.3, 0.4) is 0 Å². The van der Waals surface area contributed by atoms with Gasteiger partial charge >= 0.3 is 12.1 Å². The van der Waals surface area contributed by atoms with E-state index in [1.807, 2.05) is 0 Å². The Morgan fingerprint density at radius 3 is 2.62 bits per heavy atom. The molecule has 0 spiro atoms. The Morgan fingerprint density at radius 2 is 2.10 bits per heavy atom. The van der Waals surface area contributed by atoms with Crippen molar-refractivity contribution >= 4 is 17.6 Å². The second-order valence-corrected chi connectivity index (χ2v) is 4.52. The van der Waals surface area contributed by atoms with Gasteiger partial charge in [-0.15, -0.1) is 5.10 Å². The molecule has 1 aromatic carbocycles. The van der Waals surface area contributed by atoms with Crippen molar-refractivity contribution in [2.24, 2.45) is 0 Å². The number of alkyl halides is 3. The number of carboxylic acids is 1. The molecule has 0 saturated heterocycles. The number of hydrogen-bond acceptors (Lipinski definition) is 3. The highest BCUT2D eigenvalue weighted by Crippen LogP contribution is 2.35. The van der Waals surface area contributed by atoms with Crippen molar-refractivity contribution in [3.8, 4) is 5.69 Å². The number of benzene rings is 1. The molecule has 0 unspecified atom stereocenters. The van der Waals surface area contributed by atoms with E-state index in [-0.39, 0.29) is 23.5 Å². The zero-order chi connectivity index (χ0) is 15.8. The Balaban J connectivity index is 2.61. The van der Waals surface area contributed by atoms with E-state index in [0.29, 0.717) is 0 Å². The molecular formula is C12H9ClF3N3O2. The van der Waals surface area contributed by atoms with E-state index in [1.165, 1.54) is 6.07 Å². The summed E-state index contributed by atoms with van der Waals surface area (Å²) < 4.78 is 39.6. The zero-order valence-corrected chi connectivity index (χ0v) is 11.4. The topological polar surface area (TPSA) is 68.0 Å². The summed E-state index contributed by atoms with van der Waals surface area (Å²) in [6.45, 7) is 1.65. The molecule has 0 aliphatic rings. The first kappa shape index (κ1) is 15.3. The fourth-order valence-electron chi connectivity index (χ4n) is 1.85. The average Bonchev–Trinajstić information content (AvgIpc) is 2.81. The predicted octanol–water partition coefficient (Wildman–Crippen LogP) is 3.20. The number of nitrogens with zero attached hydrogens (tertiary/aromatic N) is 3. The highest BCUT2D eigenvalue weighted by Gasteiger charge is 2.33. The summed E-state index contributed by atoms with van der Waals surface area (Å²) in [6.07, 6.45) is -4.37. The number of rotatable bonds is 3. The van der Waals surface area contributed by atoms with E-state index in [1.54, 1.807) is 6.92 Å². The van der Waals surface area contributed by atoms with Crippen molar-refractivity contribution in [1.82, 2.24) is 15.0 Å². The lowest BCUT2D eigenvalue weighted by Gasteiger charge is -2.11. The summed E-state index contributed by atoms with van der Waals surface area (Å²) >= 11 is 5.54. The Bertz CT molecular complexity index is 698. The Hall–Kier alpha value is -2.09. The minimum absolute atomic E-state index is 0.0450. The highest BCUT2D eigenvalue weighted by molar-refractivity contribution is 6.31. The standard InChI is InChI=1S/C12H9ClF3N3O2/c1-2-9-10(11(20)21)17-18-19(9)6-3-4-8(13)7(5-6)12(14,15)16/h3-5H,2H2,1H3,(H,20,21). The summed E-state index contributed by atoms with van der Waals surface area (Å²) in [5, 5.41) is 15.6. The second kappa shape index (κ2) is 5.36. The molecular weight excluding hydrogens is 311 g/mol. The summed E-state index contributed by atoms with van der Waals surface area (Å²) in [7, 11) is 0. The van der Waals surface area contributed by atoms with Crippen molar-refractivity contribution < 1.29 is 23.1 Å². The van der Waals surface area contributed by atoms with Gasteiger partial charge in [-0.1, -0.05) is 23.7 Å². The van der Waals surface area contributed by atoms with Crippen LogP contribution in [0.4, 0.5) is 13.2 Å². The smallest absolute Gasteiger partial charge is 0.417 e. The van der Waals surface area contributed by atoms with Gasteiger partial charge in [0.1, 0.15) is 0 Å². The summed E-state index contributed by atoms with van der Waals surface area (Å²) in [5.74, 6) is -1.29. The molecule has 0 amide bonds. The molecule has 0 bridgehead atoms. The molecule has 0 aliphatic carbocycles. The quantitative estimate of drug-likeness (QED) is 0.943. The van der Waals surface area contributed by atoms with Crippen LogP contribution in [-0.2, 0) is 12.6 Å². The van der Waals surface area contributed by atoms with Crippen LogP contribution in [0.5, 0.6) is 0 Å². The van der Waals surface area contributed by atoms with Crippen molar-refractivity contribution in [3.05, 3.63) is 40.2 Å². The normalized spacial score (nSPS) is 11.7. The third kappa shape index (κ3) is 2.85. The van der Waals surface area contributed by atoms with Gasteiger partial charge in [0.05, 0.1) is 22.0 Å². The minimum atomic E-state index is -4.62. The first-order valence-electron chi connectivity index (χ1n) is 5.80. The third-order valence-electron chi connectivity index (χ3n) is 2.80. The van der Waals surface area contributed by atoms with Crippen LogP contribution in [-0.4, -0.2) is 26.1 Å². The van der Waals surface area contributed by atoms with Gasteiger partial charge in [0, 0.05) is 0 Å². The average molecular weight is 320 g/mol. The number of hydrogen-bond donors (Lipinski definition) is 1. The summed E-state index contributed by atoms with van der Waals surface area (Å²) in [5.41, 5.74) is -1.06. The van der Waals surface area contributed by atoms with Crippen LogP contribution < -0.4 is 0 Å². The van der Waals surface area contributed by atoms with Gasteiger partial charge in [-0.25, -0.2) is 9.48 Å². The van der Waals surface area contributed by atoms with Crippen LogP contribution >= 0.6 is 11.6 Å². The molecule has 0 aliphatic heterocycles. The molecule has 21 heavy (non-hydrogen) atoms. The SMILES string of the molecule is CCc1c(C(=O)O)nnn1-c1ccc(Cl)c(C(F)(F)F)c1. The fraction of sp³-hybridized carbons (Fsp3) is 0.250. The number of carbonyl (C=O) groups is 1. The third-order valence-corrected chi connectivity index (χ3v) is 3.13. The summed E-state index contributed by atoms with van der Waals surface area (Å²) in [4.78, 5) is 11.0. The van der Waals surface area contributed by atoms with Gasteiger partial charge in [-0.05, 0) is 24.6 Å². The molecule has 5 nitrogen and oxygen atoms in total. The Labute approximate surface area is 121 Å². The molecule has 0 fully saturated rings. The van der Waals surface area contributed by atoms with Crippen molar-refractivity contribution in [1.29, 1.82) is 0 Å². The fourth-order valence-corrected chi connectivity index (χ4v) is 2.08. The monoisotopic (exact) mass is 319 g/mol. The molecule has 1 N–H and O–H groups in total. The van der Waals surface area contributed by atoms with Gasteiger partial charge in [-0.3, -0.25) is 0 Å². The van der Waals surface area contributed by atoms with Gasteiger partial charge in [0.15, 0.2) is 5.69 Å². The largest absolute Gasteiger partial charge is 0.476 e. The maximum atomic E-state index is 12.8. The van der Waals surface area contributed by atoms with E-state index in [9.17, 15) is 18.0 Å². The molecule has 112 valence electrons. The summed E-state index contributed by atoms with van der Waals surface area (Å²) in [6, 6.07) is 3.21. The molecule has 2 rings (SSSR count). The zero-order valence-electron chi connectivity index (χ0n) is 10.6. The number of aromatic carboxylic acids is 1. The predicted molar refractivity (Wildman–Crippen MR) is 67.7 cm³/mol. The van der Waals surface area contributed by atoms with Crippen LogP contribution in [0.2, 0.25) is 5.02 Å². The highest BCUT2D eigenvalue weighted by atomic mass is 35.5. The van der Waals surface area contributed by atoms with E-state index in [0.717, 1.165) is 16.8 Å². The van der Waals surface area contributed by atoms with E-state index in [4.69, 9.17) is 16.7 Å². The molecule has 0 radical (unpaired) electrons. The maximum absolute atomic E-state index is 12.8. The maximum Gasteiger partial charge on any atom is 0.417 e. The minimum Gasteiger partial charge on any atom is -0.476 e. The van der Waals surface area contributed by atoms with Crippen molar-refractivity contribution in [2.75, 3.05) is 0 Å². The molecule has 9 heteroatoms. The second-order valence-electron chi connectivity index (χ2n) is 4.12. The first-order chi connectivity index (χ1) is 9.75. The lowest BCUT2D eigenvalue weighted by Crippen LogP contribution is -2.09. The van der Waals surface area contributed by atoms with Crippen LogP contribution in [0, 0.1) is 0 Å². The van der Waals surface area contributed by atoms with E-state index < -0.39 is 22.7 Å². The molecule has 1 aromatic heterocycles.